The molecule has 1 saturated heterocycles. The van der Waals surface area contributed by atoms with Gasteiger partial charge in [-0.3, -0.25) is 4.79 Å². The Morgan fingerprint density at radius 3 is 2.73 bits per heavy atom. The molecule has 26 heavy (non-hydrogen) atoms. The Morgan fingerprint density at radius 1 is 1.27 bits per heavy atom. The Hall–Kier alpha value is -1.75. The fourth-order valence-electron chi connectivity index (χ4n) is 5.12. The van der Waals surface area contributed by atoms with Gasteiger partial charge in [0.1, 0.15) is 5.75 Å². The molecule has 142 valence electrons. The SMILES string of the molecule is COc1cc(N2CCOCC2)cc(C)c1NC(=O)CC1CC2CCC1C2. The van der Waals surface area contributed by atoms with E-state index in [0.717, 1.165) is 60.8 Å². The summed E-state index contributed by atoms with van der Waals surface area (Å²) >= 11 is 0. The molecular formula is C21H30N2O3. The number of ether oxygens (including phenoxy) is 2. The van der Waals surface area contributed by atoms with Crippen molar-refractivity contribution < 1.29 is 14.3 Å². The van der Waals surface area contributed by atoms with Crippen molar-refractivity contribution in [2.45, 2.75) is 39.0 Å². The molecule has 1 amide bonds. The Bertz CT molecular complexity index is 669. The number of carbonyl (C=O) groups excluding carboxylic acids is 1. The van der Waals surface area contributed by atoms with Gasteiger partial charge in [0.25, 0.3) is 0 Å². The van der Waals surface area contributed by atoms with Gasteiger partial charge in [-0.05, 0) is 55.6 Å². The molecule has 1 aliphatic heterocycles. The Morgan fingerprint density at radius 2 is 2.08 bits per heavy atom. The van der Waals surface area contributed by atoms with E-state index >= 15 is 0 Å². The topological polar surface area (TPSA) is 50.8 Å². The van der Waals surface area contributed by atoms with Crippen LogP contribution in [0, 0.1) is 24.7 Å². The van der Waals surface area contributed by atoms with Gasteiger partial charge < -0.3 is 19.7 Å². The summed E-state index contributed by atoms with van der Waals surface area (Å²) in [7, 11) is 1.67. The molecule has 0 aromatic heterocycles. The summed E-state index contributed by atoms with van der Waals surface area (Å²) in [4.78, 5) is 15.0. The zero-order valence-corrected chi connectivity index (χ0v) is 15.9. The van der Waals surface area contributed by atoms with E-state index in [1.54, 1.807) is 7.11 Å². The van der Waals surface area contributed by atoms with Gasteiger partial charge in [0, 0.05) is 31.3 Å². The van der Waals surface area contributed by atoms with E-state index in [-0.39, 0.29) is 5.91 Å². The van der Waals surface area contributed by atoms with E-state index in [0.29, 0.717) is 12.3 Å². The molecule has 2 aliphatic carbocycles. The number of aryl methyl sites for hydroxylation is 1. The second kappa shape index (κ2) is 7.47. The third-order valence-corrected chi connectivity index (χ3v) is 6.48. The lowest BCUT2D eigenvalue weighted by atomic mass is 9.86. The van der Waals surface area contributed by atoms with Gasteiger partial charge in [0.15, 0.2) is 0 Å². The van der Waals surface area contributed by atoms with Gasteiger partial charge in [-0.25, -0.2) is 0 Å². The number of methoxy groups -OCH3 is 1. The normalized spacial score (nSPS) is 27.6. The number of anilines is 2. The number of morpholine rings is 1. The Kier molecular flexibility index (Phi) is 5.07. The standard InChI is InChI=1S/C21H30N2O3/c1-14-9-18(23-5-7-26-8-6-23)13-19(25-2)21(14)22-20(24)12-17-11-15-3-4-16(17)10-15/h9,13,15-17H,3-8,10-12H2,1-2H3,(H,22,24). The Labute approximate surface area is 156 Å². The molecule has 3 fully saturated rings. The molecule has 0 spiro atoms. The third-order valence-electron chi connectivity index (χ3n) is 6.48. The molecule has 2 saturated carbocycles. The summed E-state index contributed by atoms with van der Waals surface area (Å²) in [5, 5.41) is 3.14. The highest BCUT2D eigenvalue weighted by molar-refractivity contribution is 5.94. The minimum Gasteiger partial charge on any atom is -0.494 e. The predicted molar refractivity (Wildman–Crippen MR) is 103 cm³/mol. The molecule has 5 nitrogen and oxygen atoms in total. The first-order chi connectivity index (χ1) is 12.6. The Balaban J connectivity index is 1.45. The van der Waals surface area contributed by atoms with Crippen LogP contribution in [0.2, 0.25) is 0 Å². The minimum atomic E-state index is 0.128. The summed E-state index contributed by atoms with van der Waals surface area (Å²) in [5.41, 5.74) is 3.00. The van der Waals surface area contributed by atoms with Crippen LogP contribution in [0.25, 0.3) is 0 Å². The number of nitrogens with one attached hydrogen (secondary N) is 1. The lowest BCUT2D eigenvalue weighted by Crippen LogP contribution is -2.36. The molecule has 4 rings (SSSR count). The first-order valence-corrected chi connectivity index (χ1v) is 9.95. The van der Waals surface area contributed by atoms with Crippen molar-refractivity contribution in [3.05, 3.63) is 17.7 Å². The molecule has 3 aliphatic rings. The summed E-state index contributed by atoms with van der Waals surface area (Å²) in [6.07, 6.45) is 5.92. The van der Waals surface area contributed by atoms with Crippen molar-refractivity contribution in [3.8, 4) is 5.75 Å². The smallest absolute Gasteiger partial charge is 0.224 e. The largest absolute Gasteiger partial charge is 0.494 e. The van der Waals surface area contributed by atoms with Crippen LogP contribution in [0.3, 0.4) is 0 Å². The van der Waals surface area contributed by atoms with E-state index in [1.165, 1.54) is 25.7 Å². The lowest BCUT2D eigenvalue weighted by molar-refractivity contribution is -0.117. The van der Waals surface area contributed by atoms with Crippen LogP contribution in [-0.2, 0) is 9.53 Å². The van der Waals surface area contributed by atoms with Gasteiger partial charge in [0.05, 0.1) is 26.0 Å². The first kappa shape index (κ1) is 17.7. The first-order valence-electron chi connectivity index (χ1n) is 9.95. The summed E-state index contributed by atoms with van der Waals surface area (Å²) < 4.78 is 11.0. The fourth-order valence-corrected chi connectivity index (χ4v) is 5.12. The maximum atomic E-state index is 12.7. The van der Waals surface area contributed by atoms with E-state index in [4.69, 9.17) is 9.47 Å². The van der Waals surface area contributed by atoms with Crippen molar-refractivity contribution >= 4 is 17.3 Å². The molecule has 3 atom stereocenters. The van der Waals surface area contributed by atoms with Crippen molar-refractivity contribution in [3.63, 3.8) is 0 Å². The van der Waals surface area contributed by atoms with Crippen LogP contribution in [-0.4, -0.2) is 39.3 Å². The van der Waals surface area contributed by atoms with Crippen molar-refractivity contribution in [1.29, 1.82) is 0 Å². The summed E-state index contributed by atoms with van der Waals surface area (Å²) in [6.45, 7) is 5.32. The van der Waals surface area contributed by atoms with E-state index in [1.807, 2.05) is 13.0 Å². The number of rotatable bonds is 5. The second-order valence-electron chi connectivity index (χ2n) is 8.13. The van der Waals surface area contributed by atoms with Crippen LogP contribution in [0.4, 0.5) is 11.4 Å². The zero-order chi connectivity index (χ0) is 18.1. The van der Waals surface area contributed by atoms with Gasteiger partial charge >= 0.3 is 0 Å². The summed E-state index contributed by atoms with van der Waals surface area (Å²) in [6, 6.07) is 4.17. The molecule has 1 aromatic rings. The number of hydrogen-bond donors (Lipinski definition) is 1. The second-order valence-corrected chi connectivity index (χ2v) is 8.13. The highest BCUT2D eigenvalue weighted by Gasteiger charge is 2.40. The van der Waals surface area contributed by atoms with Gasteiger partial charge in [0.2, 0.25) is 5.91 Å². The van der Waals surface area contributed by atoms with Crippen LogP contribution >= 0.6 is 0 Å². The molecule has 2 bridgehead atoms. The van der Waals surface area contributed by atoms with Gasteiger partial charge in [-0.2, -0.15) is 0 Å². The molecule has 0 radical (unpaired) electrons. The average Bonchev–Trinajstić information content (AvgIpc) is 3.27. The predicted octanol–water partition coefficient (Wildman–Crippen LogP) is 3.61. The molecule has 3 unspecified atom stereocenters. The average molecular weight is 358 g/mol. The van der Waals surface area contributed by atoms with E-state index < -0.39 is 0 Å². The van der Waals surface area contributed by atoms with Crippen molar-refractivity contribution in [2.75, 3.05) is 43.6 Å². The number of amides is 1. The third kappa shape index (κ3) is 3.54. The molecule has 5 heteroatoms. The molecule has 1 heterocycles. The van der Waals surface area contributed by atoms with Crippen LogP contribution in [0.1, 0.15) is 37.7 Å². The zero-order valence-electron chi connectivity index (χ0n) is 15.9. The molecule has 1 aromatic carbocycles. The molecular weight excluding hydrogens is 328 g/mol. The number of nitrogens with zero attached hydrogens (tertiary/aromatic N) is 1. The van der Waals surface area contributed by atoms with E-state index in [2.05, 4.69) is 16.3 Å². The highest BCUT2D eigenvalue weighted by Crippen LogP contribution is 2.49. The van der Waals surface area contributed by atoms with E-state index in [9.17, 15) is 4.79 Å². The van der Waals surface area contributed by atoms with Gasteiger partial charge in [-0.1, -0.05) is 6.42 Å². The monoisotopic (exact) mass is 358 g/mol. The number of benzene rings is 1. The maximum absolute atomic E-state index is 12.7. The van der Waals surface area contributed by atoms with Crippen LogP contribution in [0.15, 0.2) is 12.1 Å². The number of hydrogen-bond acceptors (Lipinski definition) is 4. The van der Waals surface area contributed by atoms with Crippen LogP contribution < -0.4 is 15.0 Å². The maximum Gasteiger partial charge on any atom is 0.224 e. The van der Waals surface area contributed by atoms with Crippen molar-refractivity contribution in [1.82, 2.24) is 0 Å². The molecule has 1 N–H and O–H groups in total. The quantitative estimate of drug-likeness (QED) is 0.874. The fraction of sp³-hybridized carbons (Fsp3) is 0.667. The lowest BCUT2D eigenvalue weighted by Gasteiger charge is -2.30. The van der Waals surface area contributed by atoms with Gasteiger partial charge in [-0.15, -0.1) is 0 Å². The number of fused-ring (bicyclic) bond motifs is 2. The summed E-state index contributed by atoms with van der Waals surface area (Å²) in [5.74, 6) is 3.10. The number of carbonyl (C=O) groups is 1. The van der Waals surface area contributed by atoms with Crippen molar-refractivity contribution in [2.24, 2.45) is 17.8 Å². The minimum absolute atomic E-state index is 0.128. The highest BCUT2D eigenvalue weighted by atomic mass is 16.5. The van der Waals surface area contributed by atoms with Crippen LogP contribution in [0.5, 0.6) is 5.75 Å².